The standard InChI is InChI=1S/C22H22Cl2FN3O2/c1-2-19(22(29)27-7-9-30-10-8-27)28-20-13-16(24)15(23)12-18(20)26-21(28)11-14-5-3-4-6-17(14)25/h3-6,12-13,19H,2,7-11H2,1H3. The summed E-state index contributed by atoms with van der Waals surface area (Å²) >= 11 is 12.5. The summed E-state index contributed by atoms with van der Waals surface area (Å²) in [6.07, 6.45) is 0.815. The minimum absolute atomic E-state index is 0.000885. The van der Waals surface area contributed by atoms with Gasteiger partial charge in [-0.1, -0.05) is 48.3 Å². The SMILES string of the molecule is CCC(C(=O)N1CCOCC1)n1c(Cc2ccccc2F)nc2cc(Cl)c(Cl)cc21. The quantitative estimate of drug-likeness (QED) is 0.557. The number of hydrogen-bond acceptors (Lipinski definition) is 3. The predicted octanol–water partition coefficient (Wildman–Crippen LogP) is 4.88. The number of carbonyl (C=O) groups excluding carboxylic acids is 1. The third kappa shape index (κ3) is 4.04. The molecule has 3 aromatic rings. The highest BCUT2D eigenvalue weighted by Crippen LogP contribution is 2.32. The van der Waals surface area contributed by atoms with Crippen molar-refractivity contribution >= 4 is 40.1 Å². The Labute approximate surface area is 184 Å². The van der Waals surface area contributed by atoms with Gasteiger partial charge in [0.15, 0.2) is 0 Å². The molecule has 5 nitrogen and oxygen atoms in total. The van der Waals surface area contributed by atoms with E-state index in [1.54, 1.807) is 30.3 Å². The largest absolute Gasteiger partial charge is 0.378 e. The second kappa shape index (κ2) is 8.92. The summed E-state index contributed by atoms with van der Waals surface area (Å²) < 4.78 is 21.6. The van der Waals surface area contributed by atoms with Crippen molar-refractivity contribution in [3.05, 3.63) is 63.6 Å². The number of benzene rings is 2. The highest BCUT2D eigenvalue weighted by Gasteiger charge is 2.29. The summed E-state index contributed by atoms with van der Waals surface area (Å²) in [7, 11) is 0. The molecule has 0 aliphatic carbocycles. The average Bonchev–Trinajstić information content (AvgIpc) is 3.08. The van der Waals surface area contributed by atoms with E-state index in [0.717, 1.165) is 0 Å². The fraction of sp³-hybridized carbons (Fsp3) is 0.364. The van der Waals surface area contributed by atoms with Crippen molar-refractivity contribution in [2.75, 3.05) is 26.3 Å². The Bertz CT molecular complexity index is 1080. The smallest absolute Gasteiger partial charge is 0.245 e. The molecule has 1 aromatic heterocycles. The van der Waals surface area contributed by atoms with Crippen molar-refractivity contribution in [3.63, 3.8) is 0 Å². The molecule has 1 saturated heterocycles. The van der Waals surface area contributed by atoms with E-state index in [9.17, 15) is 9.18 Å². The van der Waals surface area contributed by atoms with Crippen LogP contribution in [0, 0.1) is 5.82 Å². The molecule has 2 heterocycles. The van der Waals surface area contributed by atoms with Gasteiger partial charge >= 0.3 is 0 Å². The third-order valence-electron chi connectivity index (χ3n) is 5.42. The topological polar surface area (TPSA) is 47.4 Å². The zero-order valence-corrected chi connectivity index (χ0v) is 18.1. The number of fused-ring (bicyclic) bond motifs is 1. The summed E-state index contributed by atoms with van der Waals surface area (Å²) in [6, 6.07) is 9.52. The first-order valence-corrected chi connectivity index (χ1v) is 10.7. The highest BCUT2D eigenvalue weighted by molar-refractivity contribution is 6.42. The van der Waals surface area contributed by atoms with E-state index in [1.165, 1.54) is 6.07 Å². The van der Waals surface area contributed by atoms with Gasteiger partial charge in [0, 0.05) is 19.5 Å². The van der Waals surface area contributed by atoms with E-state index in [-0.39, 0.29) is 18.1 Å². The van der Waals surface area contributed by atoms with Gasteiger partial charge < -0.3 is 14.2 Å². The number of imidazole rings is 1. The second-order valence-corrected chi connectivity index (χ2v) is 8.10. The molecule has 1 fully saturated rings. The molecule has 1 aliphatic heterocycles. The number of rotatable bonds is 5. The van der Waals surface area contributed by atoms with Gasteiger partial charge in [-0.3, -0.25) is 4.79 Å². The van der Waals surface area contributed by atoms with Crippen LogP contribution in [0.5, 0.6) is 0 Å². The summed E-state index contributed by atoms with van der Waals surface area (Å²) in [5.41, 5.74) is 1.85. The Kier molecular flexibility index (Phi) is 6.27. The van der Waals surface area contributed by atoms with Crippen molar-refractivity contribution in [1.29, 1.82) is 0 Å². The minimum Gasteiger partial charge on any atom is -0.378 e. The Morgan fingerprint density at radius 3 is 2.60 bits per heavy atom. The Morgan fingerprint density at radius 1 is 1.20 bits per heavy atom. The van der Waals surface area contributed by atoms with Crippen LogP contribution in [0.4, 0.5) is 4.39 Å². The van der Waals surface area contributed by atoms with E-state index in [4.69, 9.17) is 32.9 Å². The van der Waals surface area contributed by atoms with E-state index in [1.807, 2.05) is 16.4 Å². The van der Waals surface area contributed by atoms with Crippen LogP contribution in [0.25, 0.3) is 11.0 Å². The first-order valence-electron chi connectivity index (χ1n) is 9.95. The normalized spacial score (nSPS) is 15.5. The maximum Gasteiger partial charge on any atom is 0.245 e. The molecular weight excluding hydrogens is 428 g/mol. The van der Waals surface area contributed by atoms with E-state index < -0.39 is 6.04 Å². The molecule has 2 aromatic carbocycles. The van der Waals surface area contributed by atoms with Gasteiger partial charge in [0.2, 0.25) is 5.91 Å². The Morgan fingerprint density at radius 2 is 1.90 bits per heavy atom. The number of aromatic nitrogens is 2. The number of nitrogens with zero attached hydrogens (tertiary/aromatic N) is 3. The summed E-state index contributed by atoms with van der Waals surface area (Å²) in [5, 5.41) is 0.773. The van der Waals surface area contributed by atoms with Crippen LogP contribution in [0.1, 0.15) is 30.8 Å². The lowest BCUT2D eigenvalue weighted by atomic mass is 10.1. The lowest BCUT2D eigenvalue weighted by Crippen LogP contribution is -2.44. The number of hydrogen-bond donors (Lipinski definition) is 0. The van der Waals surface area contributed by atoms with Crippen LogP contribution in [0.2, 0.25) is 10.0 Å². The van der Waals surface area contributed by atoms with E-state index in [2.05, 4.69) is 0 Å². The minimum atomic E-state index is -0.480. The average molecular weight is 450 g/mol. The lowest BCUT2D eigenvalue weighted by molar-refractivity contribution is -0.138. The van der Waals surface area contributed by atoms with Crippen molar-refractivity contribution in [2.24, 2.45) is 0 Å². The highest BCUT2D eigenvalue weighted by atomic mass is 35.5. The molecule has 8 heteroatoms. The van der Waals surface area contributed by atoms with Gasteiger partial charge in [0.05, 0.1) is 34.3 Å². The first-order chi connectivity index (χ1) is 14.5. The summed E-state index contributed by atoms with van der Waals surface area (Å²) in [5.74, 6) is 0.294. The second-order valence-electron chi connectivity index (χ2n) is 7.28. The van der Waals surface area contributed by atoms with Crippen LogP contribution in [0.15, 0.2) is 36.4 Å². The van der Waals surface area contributed by atoms with Gasteiger partial charge in [0.1, 0.15) is 17.7 Å². The molecule has 1 unspecified atom stereocenters. The maximum atomic E-state index is 14.4. The number of carbonyl (C=O) groups is 1. The van der Waals surface area contributed by atoms with Crippen molar-refractivity contribution in [2.45, 2.75) is 25.8 Å². The molecule has 4 rings (SSSR count). The molecule has 1 amide bonds. The molecule has 1 aliphatic rings. The number of halogens is 3. The van der Waals surface area contributed by atoms with E-state index >= 15 is 0 Å². The monoisotopic (exact) mass is 449 g/mol. The number of ether oxygens (including phenoxy) is 1. The predicted molar refractivity (Wildman–Crippen MR) is 116 cm³/mol. The zero-order chi connectivity index (χ0) is 21.3. The molecule has 0 bridgehead atoms. The molecule has 158 valence electrons. The van der Waals surface area contributed by atoms with Crippen molar-refractivity contribution < 1.29 is 13.9 Å². The van der Waals surface area contributed by atoms with Gasteiger partial charge in [-0.25, -0.2) is 9.37 Å². The zero-order valence-electron chi connectivity index (χ0n) is 16.6. The van der Waals surface area contributed by atoms with Crippen molar-refractivity contribution in [3.8, 4) is 0 Å². The van der Waals surface area contributed by atoms with Gasteiger partial charge in [-0.2, -0.15) is 0 Å². The van der Waals surface area contributed by atoms with Gasteiger partial charge in [0.25, 0.3) is 0 Å². The summed E-state index contributed by atoms with van der Waals surface area (Å²) in [4.78, 5) is 19.9. The Hall–Kier alpha value is -2.15. The fourth-order valence-electron chi connectivity index (χ4n) is 3.89. The van der Waals surface area contributed by atoms with Crippen LogP contribution in [0.3, 0.4) is 0 Å². The molecular formula is C22H22Cl2FN3O2. The Balaban J connectivity index is 1.83. The van der Waals surface area contributed by atoms with Gasteiger partial charge in [-0.05, 0) is 30.2 Å². The molecule has 0 radical (unpaired) electrons. The van der Waals surface area contributed by atoms with E-state index in [0.29, 0.717) is 65.2 Å². The molecule has 1 atom stereocenters. The first kappa shape index (κ1) is 21.1. The van der Waals surface area contributed by atoms with Crippen LogP contribution in [-0.4, -0.2) is 46.7 Å². The molecule has 0 N–H and O–H groups in total. The summed E-state index contributed by atoms with van der Waals surface area (Å²) in [6.45, 7) is 4.11. The third-order valence-corrected chi connectivity index (χ3v) is 6.14. The molecule has 30 heavy (non-hydrogen) atoms. The van der Waals surface area contributed by atoms with Gasteiger partial charge in [-0.15, -0.1) is 0 Å². The van der Waals surface area contributed by atoms with Crippen LogP contribution in [-0.2, 0) is 16.0 Å². The van der Waals surface area contributed by atoms with Crippen LogP contribution >= 0.6 is 23.2 Å². The van der Waals surface area contributed by atoms with Crippen molar-refractivity contribution in [1.82, 2.24) is 14.5 Å². The fourth-order valence-corrected chi connectivity index (χ4v) is 4.20. The molecule has 0 spiro atoms. The lowest BCUT2D eigenvalue weighted by Gasteiger charge is -2.31. The van der Waals surface area contributed by atoms with Crippen LogP contribution < -0.4 is 0 Å². The number of amides is 1. The molecule has 0 saturated carbocycles. The number of morpholine rings is 1. The maximum absolute atomic E-state index is 14.4.